The van der Waals surface area contributed by atoms with E-state index in [1.807, 2.05) is 11.8 Å². The lowest BCUT2D eigenvalue weighted by molar-refractivity contribution is 0.0985. The molecule has 2 nitrogen and oxygen atoms in total. The summed E-state index contributed by atoms with van der Waals surface area (Å²) in [4.78, 5) is 12.7. The van der Waals surface area contributed by atoms with E-state index in [-0.39, 0.29) is 11.0 Å². The second-order valence-electron chi connectivity index (χ2n) is 4.32. The van der Waals surface area contributed by atoms with Gasteiger partial charge in [-0.3, -0.25) is 4.79 Å². The number of methoxy groups -OCH3 is 1. The third-order valence-corrected chi connectivity index (χ3v) is 6.62. The van der Waals surface area contributed by atoms with Crippen LogP contribution in [0.4, 0.5) is 0 Å². The van der Waals surface area contributed by atoms with Crippen LogP contribution in [0.15, 0.2) is 18.2 Å². The molecule has 0 saturated carbocycles. The van der Waals surface area contributed by atoms with E-state index in [9.17, 15) is 4.79 Å². The van der Waals surface area contributed by atoms with Crippen LogP contribution in [0, 0.1) is 0 Å². The molecule has 2 rings (SSSR count). The third kappa shape index (κ3) is 3.41. The Kier molecular flexibility index (Phi) is 5.48. The molecule has 104 valence electrons. The molecule has 2 atom stereocenters. The number of halogens is 1. The van der Waals surface area contributed by atoms with Crippen molar-refractivity contribution in [3.63, 3.8) is 0 Å². The van der Waals surface area contributed by atoms with Gasteiger partial charge in [-0.2, -0.15) is 11.8 Å². The normalized spacial score (nSPS) is 23.1. The van der Waals surface area contributed by atoms with Gasteiger partial charge in [-0.1, -0.05) is 18.5 Å². The average molecular weight is 317 g/mol. The molecule has 0 bridgehead atoms. The van der Waals surface area contributed by atoms with Crippen molar-refractivity contribution in [1.82, 2.24) is 0 Å². The second-order valence-corrected chi connectivity index (χ2v) is 7.35. The van der Waals surface area contributed by atoms with Gasteiger partial charge in [0.2, 0.25) is 0 Å². The summed E-state index contributed by atoms with van der Waals surface area (Å²) >= 11 is 9.66. The van der Waals surface area contributed by atoms with E-state index >= 15 is 0 Å². The summed E-state index contributed by atoms with van der Waals surface area (Å²) < 4.78 is 5.29. The zero-order valence-electron chi connectivity index (χ0n) is 11.0. The van der Waals surface area contributed by atoms with E-state index in [1.54, 1.807) is 37.1 Å². The largest absolute Gasteiger partial charge is 0.496 e. The van der Waals surface area contributed by atoms with Crippen LogP contribution in [0.25, 0.3) is 0 Å². The number of hydrogen-bond acceptors (Lipinski definition) is 4. The monoisotopic (exact) mass is 316 g/mol. The summed E-state index contributed by atoms with van der Waals surface area (Å²) in [5.74, 6) is 2.91. The van der Waals surface area contributed by atoms with Crippen LogP contribution in [0.3, 0.4) is 0 Å². The predicted octanol–water partition coefficient (Wildman–Crippen LogP) is 4.16. The Morgan fingerprint density at radius 2 is 2.16 bits per heavy atom. The topological polar surface area (TPSA) is 26.3 Å². The van der Waals surface area contributed by atoms with Gasteiger partial charge in [0, 0.05) is 21.8 Å². The first-order valence-electron chi connectivity index (χ1n) is 6.28. The highest BCUT2D eigenvalue weighted by Crippen LogP contribution is 2.37. The number of benzene rings is 1. The maximum absolute atomic E-state index is 12.7. The van der Waals surface area contributed by atoms with E-state index in [0.717, 1.165) is 17.9 Å². The van der Waals surface area contributed by atoms with Crippen molar-refractivity contribution in [3.05, 3.63) is 28.8 Å². The number of Topliss-reactive ketones (excluding diaryl/α,β-unsaturated/α-hetero) is 1. The van der Waals surface area contributed by atoms with E-state index in [0.29, 0.717) is 21.6 Å². The van der Waals surface area contributed by atoms with Gasteiger partial charge >= 0.3 is 0 Å². The summed E-state index contributed by atoms with van der Waals surface area (Å²) in [6, 6.07) is 5.23. The summed E-state index contributed by atoms with van der Waals surface area (Å²) in [7, 11) is 1.58. The van der Waals surface area contributed by atoms with Crippen molar-refractivity contribution in [1.29, 1.82) is 0 Å². The summed E-state index contributed by atoms with van der Waals surface area (Å²) in [5.41, 5.74) is 0.605. The standard InChI is InChI=1S/C14H17ClO2S2/c1-3-12-14(19-7-6-18-12)13(16)10-8-9(15)4-5-11(10)17-2/h4-5,8,12,14H,3,6-7H2,1-2H3. The van der Waals surface area contributed by atoms with Gasteiger partial charge in [0.05, 0.1) is 17.9 Å². The molecule has 0 amide bonds. The molecule has 1 saturated heterocycles. The van der Waals surface area contributed by atoms with Crippen LogP contribution in [0.2, 0.25) is 5.02 Å². The average Bonchev–Trinajstić information content (AvgIpc) is 2.46. The summed E-state index contributed by atoms with van der Waals surface area (Å²) in [6.45, 7) is 2.14. The van der Waals surface area contributed by atoms with Crippen LogP contribution < -0.4 is 4.74 Å². The Morgan fingerprint density at radius 3 is 2.84 bits per heavy atom. The molecule has 5 heteroatoms. The third-order valence-electron chi connectivity index (χ3n) is 3.14. The molecular formula is C14H17ClO2S2. The molecule has 0 spiro atoms. The highest BCUT2D eigenvalue weighted by Gasteiger charge is 2.33. The van der Waals surface area contributed by atoms with Crippen molar-refractivity contribution < 1.29 is 9.53 Å². The van der Waals surface area contributed by atoms with Crippen molar-refractivity contribution in [3.8, 4) is 5.75 Å². The summed E-state index contributed by atoms with van der Waals surface area (Å²) in [6.07, 6.45) is 1.01. The number of ether oxygens (including phenoxy) is 1. The zero-order valence-corrected chi connectivity index (χ0v) is 13.4. The SMILES string of the molecule is CCC1SCCSC1C(=O)c1cc(Cl)ccc1OC. The first kappa shape index (κ1) is 15.1. The number of carbonyl (C=O) groups is 1. The molecule has 1 aromatic rings. The Balaban J connectivity index is 2.29. The Morgan fingerprint density at radius 1 is 1.42 bits per heavy atom. The molecule has 1 fully saturated rings. The first-order valence-corrected chi connectivity index (χ1v) is 8.76. The molecule has 1 aliphatic heterocycles. The van der Waals surface area contributed by atoms with Crippen molar-refractivity contribution in [2.24, 2.45) is 0 Å². The number of carbonyl (C=O) groups excluding carboxylic acids is 1. The minimum absolute atomic E-state index is 0.0103. The van der Waals surface area contributed by atoms with Crippen LogP contribution in [-0.2, 0) is 0 Å². The molecule has 0 N–H and O–H groups in total. The minimum atomic E-state index is 0.0103. The Labute approximate surface area is 127 Å². The first-order chi connectivity index (χ1) is 9.17. The van der Waals surface area contributed by atoms with Gasteiger partial charge < -0.3 is 4.74 Å². The fraction of sp³-hybridized carbons (Fsp3) is 0.500. The fourth-order valence-electron chi connectivity index (χ4n) is 2.17. The number of hydrogen-bond donors (Lipinski definition) is 0. The minimum Gasteiger partial charge on any atom is -0.496 e. The van der Waals surface area contributed by atoms with E-state index in [4.69, 9.17) is 16.3 Å². The van der Waals surface area contributed by atoms with Gasteiger partial charge in [0.1, 0.15) is 5.75 Å². The van der Waals surface area contributed by atoms with Crippen LogP contribution in [0.1, 0.15) is 23.7 Å². The lowest BCUT2D eigenvalue weighted by Crippen LogP contribution is -2.33. The Hall–Kier alpha value is -0.320. The zero-order chi connectivity index (χ0) is 13.8. The van der Waals surface area contributed by atoms with E-state index in [1.165, 1.54) is 0 Å². The van der Waals surface area contributed by atoms with E-state index < -0.39 is 0 Å². The lowest BCUT2D eigenvalue weighted by atomic mass is 10.0. The highest BCUT2D eigenvalue weighted by molar-refractivity contribution is 8.07. The van der Waals surface area contributed by atoms with E-state index in [2.05, 4.69) is 6.92 Å². The Bertz CT molecular complexity index is 465. The molecule has 2 unspecified atom stereocenters. The smallest absolute Gasteiger partial charge is 0.180 e. The second kappa shape index (κ2) is 6.91. The quantitative estimate of drug-likeness (QED) is 0.779. The van der Waals surface area contributed by atoms with Gasteiger partial charge in [0.15, 0.2) is 5.78 Å². The molecular weight excluding hydrogens is 300 g/mol. The predicted molar refractivity (Wildman–Crippen MR) is 85.1 cm³/mol. The van der Waals surface area contributed by atoms with Gasteiger partial charge in [0.25, 0.3) is 0 Å². The molecule has 0 aliphatic carbocycles. The summed E-state index contributed by atoms with van der Waals surface area (Å²) in [5, 5.41) is 0.969. The lowest BCUT2D eigenvalue weighted by Gasteiger charge is -2.29. The molecule has 19 heavy (non-hydrogen) atoms. The van der Waals surface area contributed by atoms with Crippen molar-refractivity contribution in [2.45, 2.75) is 23.8 Å². The maximum Gasteiger partial charge on any atom is 0.180 e. The molecule has 0 radical (unpaired) electrons. The van der Waals surface area contributed by atoms with Crippen LogP contribution in [0.5, 0.6) is 5.75 Å². The van der Waals surface area contributed by atoms with Crippen LogP contribution >= 0.6 is 35.1 Å². The number of thioether (sulfide) groups is 2. The van der Waals surface area contributed by atoms with Gasteiger partial charge in [-0.25, -0.2) is 0 Å². The maximum atomic E-state index is 12.7. The number of rotatable bonds is 4. The molecule has 1 aliphatic rings. The molecule has 1 aromatic carbocycles. The van der Waals surface area contributed by atoms with Gasteiger partial charge in [-0.15, -0.1) is 11.8 Å². The van der Waals surface area contributed by atoms with Crippen LogP contribution in [-0.4, -0.2) is 34.9 Å². The van der Waals surface area contributed by atoms with Gasteiger partial charge in [-0.05, 0) is 24.6 Å². The van der Waals surface area contributed by atoms with Crippen molar-refractivity contribution in [2.75, 3.05) is 18.6 Å². The van der Waals surface area contributed by atoms with Crippen molar-refractivity contribution >= 4 is 40.9 Å². The molecule has 1 heterocycles. The number of ketones is 1. The fourth-order valence-corrected chi connectivity index (χ4v) is 5.36. The highest BCUT2D eigenvalue weighted by atomic mass is 35.5. The molecule has 0 aromatic heterocycles.